The molecular formula is C12H14O5. The first kappa shape index (κ1) is 13.3. The molecular weight excluding hydrogens is 224 g/mol. The van der Waals surface area contributed by atoms with Gasteiger partial charge in [0.2, 0.25) is 0 Å². The summed E-state index contributed by atoms with van der Waals surface area (Å²) in [4.78, 5) is 22.4. The van der Waals surface area contributed by atoms with Crippen molar-refractivity contribution in [2.45, 2.75) is 13.0 Å². The van der Waals surface area contributed by atoms with Gasteiger partial charge < -0.3 is 14.9 Å². The molecule has 1 unspecified atom stereocenters. The monoisotopic (exact) mass is 238 g/mol. The van der Waals surface area contributed by atoms with Crippen LogP contribution in [0.5, 0.6) is 0 Å². The molecule has 0 fully saturated rings. The first-order chi connectivity index (χ1) is 8.04. The van der Waals surface area contributed by atoms with Crippen LogP contribution in [0.3, 0.4) is 0 Å². The molecule has 1 atom stereocenters. The van der Waals surface area contributed by atoms with Crippen LogP contribution in [0.1, 0.15) is 27.6 Å². The van der Waals surface area contributed by atoms with Gasteiger partial charge in [-0.1, -0.05) is 12.1 Å². The Kier molecular flexibility index (Phi) is 4.81. The normalized spacial score (nSPS) is 11.9. The van der Waals surface area contributed by atoms with Crippen LogP contribution in [0.25, 0.3) is 0 Å². The summed E-state index contributed by atoms with van der Waals surface area (Å²) >= 11 is 0. The van der Waals surface area contributed by atoms with Gasteiger partial charge in [-0.25, -0.2) is 4.79 Å². The van der Waals surface area contributed by atoms with Gasteiger partial charge in [0.1, 0.15) is 12.7 Å². The van der Waals surface area contributed by atoms with E-state index in [0.717, 1.165) is 0 Å². The second-order valence-corrected chi connectivity index (χ2v) is 3.57. The number of carbonyl (C=O) groups is 2. The van der Waals surface area contributed by atoms with Crippen molar-refractivity contribution in [2.24, 2.45) is 0 Å². The number of ketones is 1. The highest BCUT2D eigenvalue weighted by Gasteiger charge is 2.10. The lowest BCUT2D eigenvalue weighted by Gasteiger charge is -2.08. The van der Waals surface area contributed by atoms with Crippen LogP contribution in [0.4, 0.5) is 0 Å². The molecule has 0 aliphatic rings. The molecule has 5 heteroatoms. The van der Waals surface area contributed by atoms with Crippen LogP contribution >= 0.6 is 0 Å². The SMILES string of the molecule is CC(=O)c1ccc(C(=O)OCC(O)CO)cc1. The molecule has 0 aliphatic heterocycles. The number of carbonyl (C=O) groups excluding carboxylic acids is 2. The van der Waals surface area contributed by atoms with E-state index < -0.39 is 18.7 Å². The minimum atomic E-state index is -1.07. The van der Waals surface area contributed by atoms with E-state index in [0.29, 0.717) is 11.1 Å². The van der Waals surface area contributed by atoms with Crippen LogP contribution in [0.15, 0.2) is 24.3 Å². The van der Waals surface area contributed by atoms with Crippen LogP contribution in [-0.2, 0) is 4.74 Å². The van der Waals surface area contributed by atoms with Crippen molar-refractivity contribution < 1.29 is 24.5 Å². The molecule has 0 radical (unpaired) electrons. The minimum Gasteiger partial charge on any atom is -0.459 e. The van der Waals surface area contributed by atoms with Gasteiger partial charge in [0.05, 0.1) is 12.2 Å². The number of hydrogen-bond donors (Lipinski definition) is 2. The van der Waals surface area contributed by atoms with Crippen LogP contribution in [0.2, 0.25) is 0 Å². The third-order valence-corrected chi connectivity index (χ3v) is 2.14. The van der Waals surface area contributed by atoms with Crippen molar-refractivity contribution in [3.05, 3.63) is 35.4 Å². The third kappa shape index (κ3) is 3.97. The average molecular weight is 238 g/mol. The summed E-state index contributed by atoms with van der Waals surface area (Å²) in [5, 5.41) is 17.5. The summed E-state index contributed by atoms with van der Waals surface area (Å²) in [5.74, 6) is -0.687. The largest absolute Gasteiger partial charge is 0.459 e. The third-order valence-electron chi connectivity index (χ3n) is 2.14. The predicted octanol–water partition coefficient (Wildman–Crippen LogP) is 0.399. The molecule has 5 nitrogen and oxygen atoms in total. The molecule has 0 aliphatic carbocycles. The quantitative estimate of drug-likeness (QED) is 0.573. The van der Waals surface area contributed by atoms with Gasteiger partial charge in [-0.3, -0.25) is 4.79 Å². The standard InChI is InChI=1S/C12H14O5/c1-8(14)9-2-4-10(5-3-9)12(16)17-7-11(15)6-13/h2-5,11,13,15H,6-7H2,1H3. The Hall–Kier alpha value is -1.72. The summed E-state index contributed by atoms with van der Waals surface area (Å²) < 4.78 is 4.75. The maximum Gasteiger partial charge on any atom is 0.338 e. The number of esters is 1. The van der Waals surface area contributed by atoms with E-state index >= 15 is 0 Å². The fourth-order valence-electron chi connectivity index (χ4n) is 1.15. The number of benzene rings is 1. The van der Waals surface area contributed by atoms with Crippen molar-refractivity contribution in [1.29, 1.82) is 0 Å². The fraction of sp³-hybridized carbons (Fsp3) is 0.333. The second kappa shape index (κ2) is 6.12. The molecule has 92 valence electrons. The molecule has 0 heterocycles. The molecule has 0 bridgehead atoms. The zero-order valence-corrected chi connectivity index (χ0v) is 9.42. The molecule has 1 aromatic rings. The first-order valence-corrected chi connectivity index (χ1v) is 5.11. The highest BCUT2D eigenvalue weighted by Crippen LogP contribution is 2.06. The van der Waals surface area contributed by atoms with Crippen molar-refractivity contribution in [3.63, 3.8) is 0 Å². The van der Waals surface area contributed by atoms with Gasteiger partial charge in [0.15, 0.2) is 5.78 Å². The molecule has 1 aromatic carbocycles. The zero-order chi connectivity index (χ0) is 12.8. The predicted molar refractivity (Wildman–Crippen MR) is 59.8 cm³/mol. The van der Waals surface area contributed by atoms with Gasteiger partial charge in [0.25, 0.3) is 0 Å². The van der Waals surface area contributed by atoms with Crippen LogP contribution in [0, 0.1) is 0 Å². The van der Waals surface area contributed by atoms with Gasteiger partial charge in [-0.2, -0.15) is 0 Å². The van der Waals surface area contributed by atoms with E-state index in [2.05, 4.69) is 0 Å². The lowest BCUT2D eigenvalue weighted by molar-refractivity contribution is 0.00932. The maximum absolute atomic E-state index is 11.4. The molecule has 0 aromatic heterocycles. The van der Waals surface area contributed by atoms with Crippen LogP contribution in [-0.4, -0.2) is 41.3 Å². The number of aliphatic hydroxyl groups is 2. The summed E-state index contributed by atoms with van der Waals surface area (Å²) in [6.45, 7) is 0.714. The number of aliphatic hydroxyl groups excluding tert-OH is 2. The van der Waals surface area contributed by atoms with Crippen molar-refractivity contribution in [3.8, 4) is 0 Å². The van der Waals surface area contributed by atoms with Gasteiger partial charge in [0, 0.05) is 5.56 Å². The number of hydrogen-bond acceptors (Lipinski definition) is 5. The Labute approximate surface area is 98.6 Å². The zero-order valence-electron chi connectivity index (χ0n) is 9.42. The molecule has 0 spiro atoms. The number of rotatable bonds is 5. The van der Waals surface area contributed by atoms with Gasteiger partial charge in [-0.05, 0) is 19.1 Å². The maximum atomic E-state index is 11.4. The Morgan fingerprint density at radius 3 is 2.24 bits per heavy atom. The van der Waals surface area contributed by atoms with E-state index in [4.69, 9.17) is 14.9 Å². The first-order valence-electron chi connectivity index (χ1n) is 5.11. The highest BCUT2D eigenvalue weighted by molar-refractivity contribution is 5.96. The highest BCUT2D eigenvalue weighted by atomic mass is 16.5. The smallest absolute Gasteiger partial charge is 0.338 e. The molecule has 1 rings (SSSR count). The summed E-state index contributed by atoms with van der Waals surface area (Å²) in [7, 11) is 0. The summed E-state index contributed by atoms with van der Waals surface area (Å²) in [6, 6.07) is 6.01. The Morgan fingerprint density at radius 1 is 1.24 bits per heavy atom. The van der Waals surface area contributed by atoms with E-state index in [1.54, 1.807) is 0 Å². The fourth-order valence-corrected chi connectivity index (χ4v) is 1.15. The number of Topliss-reactive ketones (excluding diaryl/α,β-unsaturated/α-hetero) is 1. The topological polar surface area (TPSA) is 83.8 Å². The van der Waals surface area contributed by atoms with Crippen molar-refractivity contribution in [1.82, 2.24) is 0 Å². The van der Waals surface area contributed by atoms with Crippen molar-refractivity contribution in [2.75, 3.05) is 13.2 Å². The Morgan fingerprint density at radius 2 is 1.76 bits per heavy atom. The van der Waals surface area contributed by atoms with Gasteiger partial charge in [-0.15, -0.1) is 0 Å². The molecule has 0 saturated heterocycles. The van der Waals surface area contributed by atoms with E-state index in [9.17, 15) is 9.59 Å². The minimum absolute atomic E-state index is 0.0828. The lowest BCUT2D eigenvalue weighted by atomic mass is 10.1. The van der Waals surface area contributed by atoms with E-state index in [-0.39, 0.29) is 12.4 Å². The summed E-state index contributed by atoms with van der Waals surface area (Å²) in [5.41, 5.74) is 0.803. The average Bonchev–Trinajstić information content (AvgIpc) is 2.35. The van der Waals surface area contributed by atoms with Crippen molar-refractivity contribution >= 4 is 11.8 Å². The van der Waals surface area contributed by atoms with E-state index in [1.807, 2.05) is 0 Å². The number of ether oxygens (including phenoxy) is 1. The molecule has 17 heavy (non-hydrogen) atoms. The Balaban J connectivity index is 2.61. The molecule has 2 N–H and O–H groups in total. The molecule has 0 amide bonds. The Bertz CT molecular complexity index is 396. The lowest BCUT2D eigenvalue weighted by Crippen LogP contribution is -2.21. The van der Waals surface area contributed by atoms with E-state index in [1.165, 1.54) is 31.2 Å². The van der Waals surface area contributed by atoms with Gasteiger partial charge >= 0.3 is 5.97 Å². The molecule has 0 saturated carbocycles. The second-order valence-electron chi connectivity index (χ2n) is 3.57. The summed E-state index contributed by atoms with van der Waals surface area (Å²) in [6.07, 6.45) is -1.07. The van der Waals surface area contributed by atoms with Crippen LogP contribution < -0.4 is 0 Å².